The van der Waals surface area contributed by atoms with E-state index in [1.165, 1.54) is 12.4 Å². The second-order valence-corrected chi connectivity index (χ2v) is 5.63. The Kier molecular flexibility index (Phi) is 8.51. The molecule has 0 unspecified atom stereocenters. The Morgan fingerprint density at radius 3 is 2.00 bits per heavy atom. The molecule has 0 atom stereocenters. The minimum Gasteiger partial charge on any atom is -0.493 e. The van der Waals surface area contributed by atoms with Gasteiger partial charge in [-0.15, -0.1) is 0 Å². The first-order chi connectivity index (χ1) is 12.3. The van der Waals surface area contributed by atoms with Gasteiger partial charge < -0.3 is 15.4 Å². The van der Waals surface area contributed by atoms with E-state index in [9.17, 15) is 9.59 Å². The zero-order chi connectivity index (χ0) is 19.7. The third-order valence-electron chi connectivity index (χ3n) is 3.24. The van der Waals surface area contributed by atoms with E-state index >= 15 is 0 Å². The predicted molar refractivity (Wildman–Crippen MR) is 101 cm³/mol. The van der Waals surface area contributed by atoms with Crippen LogP contribution in [0.3, 0.4) is 0 Å². The average molecular weight is 379 g/mol. The number of halogens is 1. The third-order valence-corrected chi connectivity index (χ3v) is 3.55. The first-order valence-electron chi connectivity index (χ1n) is 7.99. The van der Waals surface area contributed by atoms with Crippen LogP contribution in [0.5, 0.6) is 5.75 Å². The van der Waals surface area contributed by atoms with Crippen molar-refractivity contribution in [2.75, 3.05) is 20.7 Å². The highest BCUT2D eigenvalue weighted by molar-refractivity contribution is 6.33. The summed E-state index contributed by atoms with van der Waals surface area (Å²) in [5.74, 6) is 0.188. The van der Waals surface area contributed by atoms with Crippen molar-refractivity contribution in [1.29, 1.82) is 0 Å². The smallest absolute Gasteiger partial charge is 0.256 e. The number of aryl methyl sites for hydroxylation is 2. The van der Waals surface area contributed by atoms with Crippen LogP contribution in [-0.2, 0) is 0 Å². The first kappa shape index (κ1) is 21.4. The van der Waals surface area contributed by atoms with Crippen LogP contribution in [0.25, 0.3) is 0 Å². The maximum atomic E-state index is 11.4. The first-order valence-corrected chi connectivity index (χ1v) is 8.37. The van der Waals surface area contributed by atoms with E-state index in [0.29, 0.717) is 28.5 Å². The molecule has 0 aromatic carbocycles. The lowest BCUT2D eigenvalue weighted by Crippen LogP contribution is -2.19. The van der Waals surface area contributed by atoms with Crippen LogP contribution in [0, 0.1) is 13.8 Å². The third kappa shape index (κ3) is 6.00. The van der Waals surface area contributed by atoms with Gasteiger partial charge in [0.25, 0.3) is 11.8 Å². The van der Waals surface area contributed by atoms with Crippen molar-refractivity contribution in [3.63, 3.8) is 0 Å². The maximum absolute atomic E-state index is 11.4. The van der Waals surface area contributed by atoms with Crippen molar-refractivity contribution in [2.45, 2.75) is 20.8 Å². The molecular weight excluding hydrogens is 356 g/mol. The molecule has 2 amide bonds. The molecule has 7 nitrogen and oxygen atoms in total. The number of hydrogen-bond acceptors (Lipinski definition) is 5. The van der Waals surface area contributed by atoms with Crippen molar-refractivity contribution >= 4 is 23.4 Å². The molecule has 140 valence electrons. The van der Waals surface area contributed by atoms with Gasteiger partial charge in [0.2, 0.25) is 0 Å². The average Bonchev–Trinajstić information content (AvgIpc) is 2.61. The molecule has 0 bridgehead atoms. The number of rotatable bonds is 4. The SMILES string of the molecule is CCOc1cc(C)ncc1C(=O)NC.CNC(=O)c1cnc(C)cc1Cl. The molecule has 2 aromatic heterocycles. The van der Waals surface area contributed by atoms with Crippen molar-refractivity contribution in [3.8, 4) is 5.75 Å². The minimum atomic E-state index is -0.215. The quantitative estimate of drug-likeness (QED) is 0.852. The summed E-state index contributed by atoms with van der Waals surface area (Å²) in [5.41, 5.74) is 2.51. The number of pyridine rings is 2. The molecule has 0 spiro atoms. The predicted octanol–water partition coefficient (Wildman–Crippen LogP) is 2.55. The van der Waals surface area contributed by atoms with Crippen molar-refractivity contribution in [1.82, 2.24) is 20.6 Å². The van der Waals surface area contributed by atoms with Gasteiger partial charge in [0.15, 0.2) is 0 Å². The molecular formula is C18H23ClN4O3. The van der Waals surface area contributed by atoms with E-state index in [0.717, 1.165) is 11.4 Å². The van der Waals surface area contributed by atoms with Gasteiger partial charge in [-0.25, -0.2) is 0 Å². The summed E-state index contributed by atoms with van der Waals surface area (Å²) < 4.78 is 5.34. The lowest BCUT2D eigenvalue weighted by atomic mass is 10.2. The Bertz CT molecular complexity index is 781. The normalized spacial score (nSPS) is 9.62. The molecule has 8 heteroatoms. The van der Waals surface area contributed by atoms with Crippen molar-refractivity contribution in [2.24, 2.45) is 0 Å². The van der Waals surface area contributed by atoms with Gasteiger partial charge >= 0.3 is 0 Å². The van der Waals surface area contributed by atoms with Crippen LogP contribution >= 0.6 is 11.6 Å². The standard InChI is InChI=1S/C10H14N2O2.C8H9ClN2O/c1-4-14-9-5-7(2)12-6-8(9)10(13)11-3;1-5-3-7(9)6(4-11-5)8(12)10-2/h5-6H,4H2,1-3H3,(H,11,13);3-4H,1-2H3,(H,10,12). The van der Waals surface area contributed by atoms with E-state index in [4.69, 9.17) is 16.3 Å². The van der Waals surface area contributed by atoms with E-state index in [-0.39, 0.29) is 11.8 Å². The summed E-state index contributed by atoms with van der Waals surface area (Å²) >= 11 is 5.80. The summed E-state index contributed by atoms with van der Waals surface area (Å²) in [7, 11) is 3.14. The van der Waals surface area contributed by atoms with Gasteiger partial charge in [-0.05, 0) is 26.8 Å². The van der Waals surface area contributed by atoms with E-state index < -0.39 is 0 Å². The molecule has 2 aromatic rings. The van der Waals surface area contributed by atoms with Crippen LogP contribution in [0.15, 0.2) is 24.5 Å². The molecule has 0 radical (unpaired) electrons. The summed E-state index contributed by atoms with van der Waals surface area (Å²) in [6.07, 6.45) is 3.00. The molecule has 0 fully saturated rings. The Morgan fingerprint density at radius 2 is 1.50 bits per heavy atom. The fraction of sp³-hybridized carbons (Fsp3) is 0.333. The number of hydrogen-bond donors (Lipinski definition) is 2. The van der Waals surface area contributed by atoms with Crippen molar-refractivity contribution in [3.05, 3.63) is 52.1 Å². The van der Waals surface area contributed by atoms with Crippen LogP contribution in [0.2, 0.25) is 5.02 Å². The number of carbonyl (C=O) groups excluding carboxylic acids is 2. The van der Waals surface area contributed by atoms with Crippen molar-refractivity contribution < 1.29 is 14.3 Å². The topological polar surface area (TPSA) is 93.2 Å². The molecule has 0 saturated carbocycles. The van der Waals surface area contributed by atoms with E-state index in [1.807, 2.05) is 20.8 Å². The Labute approximate surface area is 158 Å². The summed E-state index contributed by atoms with van der Waals surface area (Å²) in [5, 5.41) is 5.45. The summed E-state index contributed by atoms with van der Waals surface area (Å²) in [6, 6.07) is 3.42. The fourth-order valence-corrected chi connectivity index (χ4v) is 2.24. The number of carbonyl (C=O) groups is 2. The zero-order valence-electron chi connectivity index (χ0n) is 15.5. The lowest BCUT2D eigenvalue weighted by molar-refractivity contribution is 0.0952. The number of aromatic nitrogens is 2. The molecule has 2 rings (SSSR count). The molecule has 26 heavy (non-hydrogen) atoms. The molecule has 0 aliphatic rings. The highest BCUT2D eigenvalue weighted by Gasteiger charge is 2.11. The van der Waals surface area contributed by atoms with Crippen LogP contribution in [0.1, 0.15) is 39.0 Å². The van der Waals surface area contributed by atoms with Crippen LogP contribution in [0.4, 0.5) is 0 Å². The van der Waals surface area contributed by atoms with E-state index in [1.54, 1.807) is 26.2 Å². The Balaban J connectivity index is 0.000000263. The van der Waals surface area contributed by atoms with Gasteiger partial charge in [-0.2, -0.15) is 0 Å². The minimum absolute atomic E-state index is 0.180. The molecule has 2 heterocycles. The Morgan fingerprint density at radius 1 is 1.00 bits per heavy atom. The lowest BCUT2D eigenvalue weighted by Gasteiger charge is -2.08. The largest absolute Gasteiger partial charge is 0.493 e. The Hall–Kier alpha value is -2.67. The van der Waals surface area contributed by atoms with Gasteiger partial charge in [0.1, 0.15) is 5.75 Å². The van der Waals surface area contributed by atoms with E-state index in [2.05, 4.69) is 20.6 Å². The summed E-state index contributed by atoms with van der Waals surface area (Å²) in [4.78, 5) is 30.5. The van der Waals surface area contributed by atoms with Crippen LogP contribution < -0.4 is 15.4 Å². The number of nitrogens with zero attached hydrogens (tertiary/aromatic N) is 2. The maximum Gasteiger partial charge on any atom is 0.256 e. The molecule has 2 N–H and O–H groups in total. The molecule has 0 saturated heterocycles. The van der Waals surface area contributed by atoms with Crippen LogP contribution in [-0.4, -0.2) is 42.5 Å². The van der Waals surface area contributed by atoms with Gasteiger partial charge in [0.05, 0.1) is 22.8 Å². The highest BCUT2D eigenvalue weighted by Crippen LogP contribution is 2.18. The van der Waals surface area contributed by atoms with Gasteiger partial charge in [-0.3, -0.25) is 19.6 Å². The second kappa shape index (κ2) is 10.4. The monoisotopic (exact) mass is 378 g/mol. The highest BCUT2D eigenvalue weighted by atomic mass is 35.5. The number of ether oxygens (including phenoxy) is 1. The fourth-order valence-electron chi connectivity index (χ4n) is 1.94. The zero-order valence-corrected chi connectivity index (χ0v) is 16.3. The van der Waals surface area contributed by atoms with Gasteiger partial charge in [-0.1, -0.05) is 11.6 Å². The molecule has 0 aliphatic carbocycles. The van der Waals surface area contributed by atoms with Gasteiger partial charge in [0, 0.05) is 43.9 Å². The second-order valence-electron chi connectivity index (χ2n) is 5.22. The molecule has 0 aliphatic heterocycles. The summed E-state index contributed by atoms with van der Waals surface area (Å²) in [6.45, 7) is 6.09. The number of amides is 2. The number of nitrogens with one attached hydrogen (secondary N) is 2.